The van der Waals surface area contributed by atoms with E-state index < -0.39 is 9.84 Å². The summed E-state index contributed by atoms with van der Waals surface area (Å²) < 4.78 is 30.5. The minimum absolute atomic E-state index is 0.252. The Morgan fingerprint density at radius 2 is 2.20 bits per heavy atom. The van der Waals surface area contributed by atoms with Gasteiger partial charge in [-0.15, -0.1) is 0 Å². The van der Waals surface area contributed by atoms with Gasteiger partial charge in [0.1, 0.15) is 0 Å². The van der Waals surface area contributed by atoms with Crippen molar-refractivity contribution in [1.82, 2.24) is 14.8 Å². The lowest BCUT2D eigenvalue weighted by atomic mass is 10.2. The van der Waals surface area contributed by atoms with Crippen molar-refractivity contribution >= 4 is 22.1 Å². The molecule has 2 aromatic rings. The zero-order valence-corrected chi connectivity index (χ0v) is 12.8. The molecular formula is C12H15N3O3S2. The van der Waals surface area contributed by atoms with E-state index in [0.29, 0.717) is 29.3 Å². The van der Waals surface area contributed by atoms with Crippen molar-refractivity contribution in [2.24, 2.45) is 0 Å². The minimum atomic E-state index is -3.25. The molecule has 0 aliphatic heterocycles. The Morgan fingerprint density at radius 1 is 1.45 bits per heavy atom. The standard InChI is InChI=1S/C12H15N3O3S2/c1-18-7-6-15-11(13-14-12(15)19)9-4-3-5-10(8-9)20(2,16)17/h3-5,8H,6-7H2,1-2H3,(H,14,19). The highest BCUT2D eigenvalue weighted by Crippen LogP contribution is 2.21. The van der Waals surface area contributed by atoms with Crippen molar-refractivity contribution in [2.75, 3.05) is 20.0 Å². The zero-order chi connectivity index (χ0) is 14.8. The third-order valence-electron chi connectivity index (χ3n) is 2.80. The molecule has 1 N–H and O–H groups in total. The van der Waals surface area contributed by atoms with E-state index in [1.165, 1.54) is 6.26 Å². The SMILES string of the molecule is COCCn1c(-c2cccc(S(C)(=O)=O)c2)n[nH]c1=S. The number of rotatable bonds is 5. The van der Waals surface area contributed by atoms with Gasteiger partial charge in [-0.25, -0.2) is 8.42 Å². The van der Waals surface area contributed by atoms with Gasteiger partial charge in [0.05, 0.1) is 18.0 Å². The second-order valence-electron chi connectivity index (χ2n) is 4.30. The van der Waals surface area contributed by atoms with Crippen LogP contribution in [-0.4, -0.2) is 43.2 Å². The van der Waals surface area contributed by atoms with Crippen molar-refractivity contribution in [1.29, 1.82) is 0 Å². The van der Waals surface area contributed by atoms with Crippen LogP contribution in [-0.2, 0) is 21.1 Å². The summed E-state index contributed by atoms with van der Waals surface area (Å²) in [5, 5.41) is 6.87. The van der Waals surface area contributed by atoms with Gasteiger partial charge in [0.15, 0.2) is 20.4 Å². The fourth-order valence-corrected chi connectivity index (χ4v) is 2.68. The Labute approximate surface area is 122 Å². The molecule has 0 unspecified atom stereocenters. The first-order valence-corrected chi connectivity index (χ1v) is 8.18. The molecule has 6 nitrogen and oxygen atoms in total. The second-order valence-corrected chi connectivity index (χ2v) is 6.70. The minimum Gasteiger partial charge on any atom is -0.383 e. The van der Waals surface area contributed by atoms with Crippen LogP contribution >= 0.6 is 12.2 Å². The summed E-state index contributed by atoms with van der Waals surface area (Å²) >= 11 is 5.16. The Bertz CT molecular complexity index is 762. The maximum atomic E-state index is 11.6. The summed E-state index contributed by atoms with van der Waals surface area (Å²) in [6.45, 7) is 1.04. The smallest absolute Gasteiger partial charge is 0.195 e. The highest BCUT2D eigenvalue weighted by atomic mass is 32.2. The van der Waals surface area contributed by atoms with Crippen LogP contribution in [0.4, 0.5) is 0 Å². The molecule has 1 heterocycles. The second kappa shape index (κ2) is 5.86. The molecule has 0 saturated heterocycles. The number of nitrogens with zero attached hydrogens (tertiary/aromatic N) is 2. The maximum absolute atomic E-state index is 11.6. The summed E-state index contributed by atoms with van der Waals surface area (Å²) in [5.41, 5.74) is 0.691. The number of hydrogen-bond acceptors (Lipinski definition) is 5. The van der Waals surface area contributed by atoms with Crippen LogP contribution in [0.1, 0.15) is 0 Å². The molecule has 108 valence electrons. The number of methoxy groups -OCH3 is 1. The molecular weight excluding hydrogens is 298 g/mol. The normalized spacial score (nSPS) is 11.7. The van der Waals surface area contributed by atoms with Crippen LogP contribution in [0.3, 0.4) is 0 Å². The number of sulfone groups is 1. The van der Waals surface area contributed by atoms with E-state index in [-0.39, 0.29) is 4.90 Å². The highest BCUT2D eigenvalue weighted by Gasteiger charge is 2.12. The molecule has 0 bridgehead atoms. The summed E-state index contributed by atoms with van der Waals surface area (Å²) in [7, 11) is -1.65. The molecule has 0 saturated carbocycles. The van der Waals surface area contributed by atoms with E-state index in [0.717, 1.165) is 0 Å². The largest absolute Gasteiger partial charge is 0.383 e. The van der Waals surface area contributed by atoms with Crippen molar-refractivity contribution in [3.63, 3.8) is 0 Å². The Hall–Kier alpha value is -1.51. The van der Waals surface area contributed by atoms with Crippen molar-refractivity contribution in [3.8, 4) is 11.4 Å². The Kier molecular flexibility index (Phi) is 4.36. The number of aromatic nitrogens is 3. The predicted molar refractivity (Wildman–Crippen MR) is 77.8 cm³/mol. The number of hydrogen-bond donors (Lipinski definition) is 1. The van der Waals surface area contributed by atoms with Gasteiger partial charge in [0.2, 0.25) is 0 Å². The molecule has 1 aromatic carbocycles. The van der Waals surface area contributed by atoms with Gasteiger partial charge in [-0.2, -0.15) is 5.10 Å². The van der Waals surface area contributed by atoms with E-state index in [9.17, 15) is 8.42 Å². The summed E-state index contributed by atoms with van der Waals surface area (Å²) in [6, 6.07) is 6.62. The van der Waals surface area contributed by atoms with Gasteiger partial charge in [0.25, 0.3) is 0 Å². The Morgan fingerprint density at radius 3 is 2.85 bits per heavy atom. The van der Waals surface area contributed by atoms with Gasteiger partial charge in [-0.3, -0.25) is 9.67 Å². The van der Waals surface area contributed by atoms with Crippen LogP contribution in [0.25, 0.3) is 11.4 Å². The number of nitrogens with one attached hydrogen (secondary N) is 1. The molecule has 0 radical (unpaired) electrons. The average molecular weight is 313 g/mol. The van der Waals surface area contributed by atoms with Gasteiger partial charge in [-0.05, 0) is 24.4 Å². The summed E-state index contributed by atoms with van der Waals surface area (Å²) in [4.78, 5) is 0.252. The third-order valence-corrected chi connectivity index (χ3v) is 4.22. The summed E-state index contributed by atoms with van der Waals surface area (Å²) in [5.74, 6) is 0.595. The average Bonchev–Trinajstić information content (AvgIpc) is 2.77. The van der Waals surface area contributed by atoms with E-state index in [2.05, 4.69) is 10.2 Å². The van der Waals surface area contributed by atoms with E-state index in [4.69, 9.17) is 17.0 Å². The number of aromatic amines is 1. The first-order chi connectivity index (χ1) is 9.43. The molecule has 0 amide bonds. The maximum Gasteiger partial charge on any atom is 0.195 e. The lowest BCUT2D eigenvalue weighted by molar-refractivity contribution is 0.187. The predicted octanol–water partition coefficient (Wildman–Crippen LogP) is 1.66. The molecule has 0 aliphatic rings. The molecule has 8 heteroatoms. The monoisotopic (exact) mass is 313 g/mol. The summed E-state index contributed by atoms with van der Waals surface area (Å²) in [6.07, 6.45) is 1.17. The first-order valence-electron chi connectivity index (χ1n) is 5.88. The fourth-order valence-electron chi connectivity index (χ4n) is 1.79. The molecule has 1 aromatic heterocycles. The zero-order valence-electron chi connectivity index (χ0n) is 11.2. The third kappa shape index (κ3) is 3.14. The first kappa shape index (κ1) is 14.9. The molecule has 0 aliphatic carbocycles. The van der Waals surface area contributed by atoms with Crippen LogP contribution in [0, 0.1) is 4.77 Å². The van der Waals surface area contributed by atoms with Gasteiger partial charge in [-0.1, -0.05) is 12.1 Å². The highest BCUT2D eigenvalue weighted by molar-refractivity contribution is 7.90. The fraction of sp³-hybridized carbons (Fsp3) is 0.333. The molecule has 0 fully saturated rings. The lowest BCUT2D eigenvalue weighted by Gasteiger charge is -2.07. The van der Waals surface area contributed by atoms with Crippen LogP contribution in [0.15, 0.2) is 29.2 Å². The quantitative estimate of drug-likeness (QED) is 0.850. The van der Waals surface area contributed by atoms with Gasteiger partial charge < -0.3 is 4.74 Å². The van der Waals surface area contributed by atoms with Crippen LogP contribution < -0.4 is 0 Å². The van der Waals surface area contributed by atoms with Gasteiger partial charge in [0, 0.05) is 18.9 Å². The van der Waals surface area contributed by atoms with Crippen LogP contribution in [0.5, 0.6) is 0 Å². The van der Waals surface area contributed by atoms with Crippen molar-refractivity contribution < 1.29 is 13.2 Å². The van der Waals surface area contributed by atoms with Crippen LogP contribution in [0.2, 0.25) is 0 Å². The molecule has 2 rings (SSSR count). The molecule has 0 atom stereocenters. The number of benzene rings is 1. The lowest BCUT2D eigenvalue weighted by Crippen LogP contribution is -2.06. The van der Waals surface area contributed by atoms with Crippen molar-refractivity contribution in [2.45, 2.75) is 11.4 Å². The molecule has 0 spiro atoms. The van der Waals surface area contributed by atoms with Gasteiger partial charge >= 0.3 is 0 Å². The van der Waals surface area contributed by atoms with E-state index in [1.54, 1.807) is 35.9 Å². The number of H-pyrrole nitrogens is 1. The van der Waals surface area contributed by atoms with E-state index in [1.807, 2.05) is 0 Å². The van der Waals surface area contributed by atoms with Crippen molar-refractivity contribution in [3.05, 3.63) is 29.0 Å². The Balaban J connectivity index is 2.50. The topological polar surface area (TPSA) is 77.0 Å². The molecule has 20 heavy (non-hydrogen) atoms. The number of ether oxygens (including phenoxy) is 1. The van der Waals surface area contributed by atoms with E-state index >= 15 is 0 Å².